The summed E-state index contributed by atoms with van der Waals surface area (Å²) in [5.41, 5.74) is -2.14. The molecule has 2 saturated carbocycles. The van der Waals surface area contributed by atoms with E-state index in [-0.39, 0.29) is 58.3 Å². The predicted molar refractivity (Wildman–Crippen MR) is 231 cm³/mol. The third-order valence-electron chi connectivity index (χ3n) is 10.8. The number of aliphatic hydroxyl groups excluding tert-OH is 1. The lowest BCUT2D eigenvalue weighted by Crippen LogP contribution is -2.28. The van der Waals surface area contributed by atoms with Gasteiger partial charge in [-0.05, 0) is 126 Å². The summed E-state index contributed by atoms with van der Waals surface area (Å²) in [7, 11) is -2.31. The Kier molecular flexibility index (Phi) is 18.2. The summed E-state index contributed by atoms with van der Waals surface area (Å²) in [6.07, 6.45) is -3.98. The fourth-order valence-electron chi connectivity index (χ4n) is 7.12. The molecule has 4 aromatic carbocycles. The van der Waals surface area contributed by atoms with Crippen molar-refractivity contribution in [2.45, 2.75) is 99.4 Å². The van der Waals surface area contributed by atoms with E-state index in [0.717, 1.165) is 61.1 Å². The van der Waals surface area contributed by atoms with E-state index < -0.39 is 63.9 Å². The summed E-state index contributed by atoms with van der Waals surface area (Å²) >= 11 is 0. The Labute approximate surface area is 376 Å². The molecule has 2 aliphatic carbocycles. The van der Waals surface area contributed by atoms with E-state index in [1.807, 2.05) is 13.8 Å². The van der Waals surface area contributed by atoms with Crippen LogP contribution >= 0.6 is 10.7 Å². The number of hydrogen-bond acceptors (Lipinski definition) is 12. The highest BCUT2D eigenvalue weighted by atomic mass is 35.7. The minimum atomic E-state index is -4.84. The zero-order valence-corrected chi connectivity index (χ0v) is 37.3. The molecule has 0 saturated heterocycles. The Morgan fingerprint density at radius 3 is 1.34 bits per heavy atom. The second-order valence-corrected chi connectivity index (χ2v) is 19.9. The van der Waals surface area contributed by atoms with Crippen molar-refractivity contribution in [2.75, 3.05) is 23.8 Å². The number of anilines is 2. The number of alkyl halides is 6. The fraction of sp³-hybridized carbons (Fsp3) is 0.429. The zero-order valence-electron chi connectivity index (χ0n) is 34.9. The molecule has 14 nitrogen and oxygen atoms in total. The number of benzene rings is 4. The lowest BCUT2D eigenvalue weighted by atomic mass is 9.86. The Morgan fingerprint density at radius 1 is 0.631 bits per heavy atom. The van der Waals surface area contributed by atoms with Crippen LogP contribution in [0.15, 0.2) is 94.7 Å². The molecule has 356 valence electrons. The molecule has 2 fully saturated rings. The molecule has 0 heterocycles. The average molecular weight is 981 g/mol. The topological polar surface area (TPSA) is 208 Å². The minimum Gasteiger partial charge on any atom is -0.396 e. The van der Waals surface area contributed by atoms with Gasteiger partial charge in [-0.1, -0.05) is 35.4 Å². The standard InChI is InChI=1S/C21H23F3N2O5S.C14H17F3N2O3.C7H7ClO2S/c1-14-2-9-18(10-3-14)32(29,30)31-13-15-4-6-16(7-5-15)25-17-8-11-20(26(27)28)19(12-17)21(22,23)24;15-14(16,17)12-7-11(5-6-13(12)19(21)22)18-10-3-1-9(8-20)2-4-10;1-6-2-4-7(5-3-6)11(8,9)10/h2-3,8-12,15-16,25H,4-7,13H2,1H3;5-7,9-10,18,20H,1-4,8H2;2-5H,1H3. The maximum absolute atomic E-state index is 13.1. The first-order valence-electron chi connectivity index (χ1n) is 20.1. The maximum Gasteiger partial charge on any atom is 0.423 e. The highest BCUT2D eigenvalue weighted by Crippen LogP contribution is 2.40. The molecule has 0 aliphatic heterocycles. The fourth-order valence-corrected chi connectivity index (χ4v) is 8.86. The van der Waals surface area contributed by atoms with Gasteiger partial charge in [0.2, 0.25) is 0 Å². The van der Waals surface area contributed by atoms with E-state index in [1.54, 1.807) is 24.3 Å². The van der Waals surface area contributed by atoms with Crippen molar-refractivity contribution in [3.05, 3.63) is 127 Å². The van der Waals surface area contributed by atoms with Gasteiger partial charge in [0, 0.05) is 52.9 Å². The van der Waals surface area contributed by atoms with E-state index >= 15 is 0 Å². The summed E-state index contributed by atoms with van der Waals surface area (Å²) in [5.74, 6) is 0.261. The number of halogens is 7. The van der Waals surface area contributed by atoms with Gasteiger partial charge in [-0.15, -0.1) is 0 Å². The summed E-state index contributed by atoms with van der Waals surface area (Å²) in [4.78, 5) is 19.7. The van der Waals surface area contributed by atoms with Crippen molar-refractivity contribution >= 4 is 52.6 Å². The van der Waals surface area contributed by atoms with E-state index in [4.69, 9.17) is 20.0 Å². The van der Waals surface area contributed by atoms with Crippen LogP contribution in [-0.4, -0.2) is 57.1 Å². The van der Waals surface area contributed by atoms with Crippen molar-refractivity contribution in [1.82, 2.24) is 0 Å². The number of aryl methyl sites for hydroxylation is 2. The molecule has 65 heavy (non-hydrogen) atoms. The van der Waals surface area contributed by atoms with Crippen LogP contribution in [0.1, 0.15) is 73.6 Å². The summed E-state index contributed by atoms with van der Waals surface area (Å²) < 4.78 is 129. The van der Waals surface area contributed by atoms with Crippen LogP contribution in [0.4, 0.5) is 49.1 Å². The van der Waals surface area contributed by atoms with E-state index in [2.05, 4.69) is 10.6 Å². The van der Waals surface area contributed by atoms with Crippen molar-refractivity contribution in [1.29, 1.82) is 0 Å². The maximum atomic E-state index is 13.1. The van der Waals surface area contributed by atoms with Gasteiger partial charge in [0.15, 0.2) is 0 Å². The molecule has 0 spiro atoms. The number of nitrogens with zero attached hydrogens (tertiary/aromatic N) is 2. The SMILES string of the molecule is Cc1ccc(S(=O)(=O)Cl)cc1.Cc1ccc(S(=O)(=O)OCC2CCC(Nc3ccc([N+](=O)[O-])c(C(F)(F)F)c3)CC2)cc1.O=[N+]([O-])c1ccc(NC2CCC(CO)CC2)cc1C(F)(F)F. The molecule has 0 unspecified atom stereocenters. The Hall–Kier alpha value is -5.03. The van der Waals surface area contributed by atoms with Crippen LogP contribution in [0.3, 0.4) is 0 Å². The van der Waals surface area contributed by atoms with Crippen LogP contribution < -0.4 is 10.6 Å². The van der Waals surface area contributed by atoms with Crippen molar-refractivity contribution in [3.8, 4) is 0 Å². The Balaban J connectivity index is 0.000000241. The number of nitro groups is 2. The van der Waals surface area contributed by atoms with Crippen molar-refractivity contribution in [2.24, 2.45) is 11.8 Å². The van der Waals surface area contributed by atoms with E-state index in [1.165, 1.54) is 36.4 Å². The van der Waals surface area contributed by atoms with Gasteiger partial charge in [0.25, 0.3) is 30.5 Å². The first-order valence-corrected chi connectivity index (χ1v) is 23.8. The number of nitrogens with one attached hydrogen (secondary N) is 2. The van der Waals surface area contributed by atoms with Crippen LogP contribution in [0, 0.1) is 45.9 Å². The molecule has 0 aromatic heterocycles. The number of aliphatic hydroxyl groups is 1. The monoisotopic (exact) mass is 980 g/mol. The highest BCUT2D eigenvalue weighted by Gasteiger charge is 2.40. The predicted octanol–water partition coefficient (Wildman–Crippen LogP) is 10.8. The van der Waals surface area contributed by atoms with Crippen molar-refractivity contribution in [3.63, 3.8) is 0 Å². The second kappa shape index (κ2) is 22.4. The zero-order chi connectivity index (χ0) is 48.3. The minimum absolute atomic E-state index is 0.0101. The molecular formula is C42H47ClF6N4O10S2. The summed E-state index contributed by atoms with van der Waals surface area (Å²) in [5, 5.41) is 36.6. The largest absolute Gasteiger partial charge is 0.423 e. The van der Waals surface area contributed by atoms with Gasteiger partial charge in [-0.25, -0.2) is 8.42 Å². The second-order valence-electron chi connectivity index (χ2n) is 15.7. The molecule has 2 aliphatic rings. The van der Waals surface area contributed by atoms with Crippen LogP contribution in [0.25, 0.3) is 0 Å². The van der Waals surface area contributed by atoms with Gasteiger partial charge >= 0.3 is 12.4 Å². The van der Waals surface area contributed by atoms with Crippen LogP contribution in [0.5, 0.6) is 0 Å². The van der Waals surface area contributed by atoms with Crippen LogP contribution in [-0.2, 0) is 35.7 Å². The summed E-state index contributed by atoms with van der Waals surface area (Å²) in [6, 6.07) is 18.5. The van der Waals surface area contributed by atoms with Crippen molar-refractivity contribution < 1.29 is 62.3 Å². The Bertz CT molecular complexity index is 2460. The van der Waals surface area contributed by atoms with Gasteiger partial charge in [-0.3, -0.25) is 24.4 Å². The van der Waals surface area contributed by atoms with Gasteiger partial charge < -0.3 is 15.7 Å². The normalized spacial score (nSPS) is 19.1. The average Bonchev–Trinajstić information content (AvgIpc) is 3.23. The third kappa shape index (κ3) is 16.1. The highest BCUT2D eigenvalue weighted by molar-refractivity contribution is 8.13. The number of hydrogen-bond donors (Lipinski definition) is 3. The lowest BCUT2D eigenvalue weighted by Gasteiger charge is -2.29. The molecular weight excluding hydrogens is 934 g/mol. The molecule has 0 atom stereocenters. The molecule has 0 amide bonds. The molecule has 0 bridgehead atoms. The van der Waals surface area contributed by atoms with E-state index in [0.29, 0.717) is 25.7 Å². The molecule has 23 heteroatoms. The van der Waals surface area contributed by atoms with Gasteiger partial charge in [-0.2, -0.15) is 34.8 Å². The molecule has 0 radical (unpaired) electrons. The lowest BCUT2D eigenvalue weighted by molar-refractivity contribution is -0.388. The smallest absolute Gasteiger partial charge is 0.396 e. The van der Waals surface area contributed by atoms with Gasteiger partial charge in [0.05, 0.1) is 26.2 Å². The molecule has 3 N–H and O–H groups in total. The third-order valence-corrected chi connectivity index (χ3v) is 13.4. The Morgan fingerprint density at radius 2 is 1.00 bits per heavy atom. The first-order chi connectivity index (χ1) is 30.3. The molecule has 6 rings (SSSR count). The summed E-state index contributed by atoms with van der Waals surface area (Å²) in [6.45, 7) is 3.90. The van der Waals surface area contributed by atoms with Crippen LogP contribution in [0.2, 0.25) is 0 Å². The van der Waals surface area contributed by atoms with Gasteiger partial charge in [0.1, 0.15) is 11.1 Å². The number of rotatable bonds is 12. The quantitative estimate of drug-likeness (QED) is 0.0398. The van der Waals surface area contributed by atoms with E-state index in [9.17, 15) is 63.4 Å². The first kappa shape index (κ1) is 52.6. The number of nitro benzene ring substituents is 2. The molecule has 4 aromatic rings.